The number of carbonyl (C=O) groups excluding carboxylic acids is 2. The Morgan fingerprint density at radius 1 is 1.10 bits per heavy atom. The number of rotatable bonds is 7. The van der Waals surface area contributed by atoms with Gasteiger partial charge in [0.1, 0.15) is 11.8 Å². The molecule has 31 heavy (non-hydrogen) atoms. The van der Waals surface area contributed by atoms with Gasteiger partial charge in [0.2, 0.25) is 5.91 Å². The smallest absolute Gasteiger partial charge is 0.276 e. The summed E-state index contributed by atoms with van der Waals surface area (Å²) >= 11 is 1.10. The zero-order valence-electron chi connectivity index (χ0n) is 18.0. The summed E-state index contributed by atoms with van der Waals surface area (Å²) in [6, 6.07) is 15.9. The maximum absolute atomic E-state index is 13.4. The van der Waals surface area contributed by atoms with Crippen molar-refractivity contribution >= 4 is 23.3 Å². The maximum Gasteiger partial charge on any atom is 0.276 e. The Morgan fingerprint density at radius 2 is 1.77 bits per heavy atom. The Hall–Kier alpha value is -3.26. The van der Waals surface area contributed by atoms with Crippen LogP contribution >= 0.6 is 11.5 Å². The van der Waals surface area contributed by atoms with Gasteiger partial charge in [0.25, 0.3) is 5.91 Å². The van der Waals surface area contributed by atoms with Gasteiger partial charge in [-0.15, -0.1) is 5.10 Å². The quantitative estimate of drug-likeness (QED) is 0.606. The van der Waals surface area contributed by atoms with E-state index < -0.39 is 11.6 Å². The van der Waals surface area contributed by atoms with Gasteiger partial charge < -0.3 is 15.0 Å². The first-order valence-corrected chi connectivity index (χ1v) is 10.7. The molecule has 1 atom stereocenters. The van der Waals surface area contributed by atoms with Crippen molar-refractivity contribution in [3.8, 4) is 5.75 Å². The molecule has 2 aromatic carbocycles. The predicted molar refractivity (Wildman–Crippen MR) is 120 cm³/mol. The van der Waals surface area contributed by atoms with Crippen LogP contribution in [0.5, 0.6) is 5.75 Å². The number of nitrogens with zero attached hydrogens (tertiary/aromatic N) is 3. The van der Waals surface area contributed by atoms with Crippen LogP contribution in [0.4, 0.5) is 0 Å². The summed E-state index contributed by atoms with van der Waals surface area (Å²) in [6.45, 7) is 5.96. The van der Waals surface area contributed by atoms with Crippen molar-refractivity contribution in [3.05, 3.63) is 76.8 Å². The lowest BCUT2D eigenvalue weighted by Crippen LogP contribution is -2.49. The first-order chi connectivity index (χ1) is 14.8. The second-order valence-corrected chi connectivity index (χ2v) is 8.73. The van der Waals surface area contributed by atoms with Crippen molar-refractivity contribution in [2.75, 3.05) is 7.11 Å². The molecular weight excluding hydrogens is 412 g/mol. The maximum atomic E-state index is 13.4. The molecule has 8 heteroatoms. The number of amides is 2. The standard InChI is InChI=1S/C23H26N4O3S/c1-23(2,3)24-21(28)20(17-10-12-18(30-4)13-11-17)27(14-16-8-6-5-7-9-16)22(29)19-15-31-26-25-19/h5-13,15,20H,14H2,1-4H3,(H,24,28). The van der Waals surface area contributed by atoms with Gasteiger partial charge in [0.05, 0.1) is 7.11 Å². The third-order valence-corrected chi connectivity index (χ3v) is 5.03. The molecule has 3 aromatic rings. The van der Waals surface area contributed by atoms with Crippen molar-refractivity contribution in [2.24, 2.45) is 0 Å². The second kappa shape index (κ2) is 9.70. The molecule has 0 spiro atoms. The van der Waals surface area contributed by atoms with Gasteiger partial charge in [-0.2, -0.15) is 0 Å². The van der Waals surface area contributed by atoms with Crippen molar-refractivity contribution in [2.45, 2.75) is 38.9 Å². The van der Waals surface area contributed by atoms with E-state index in [0.29, 0.717) is 11.3 Å². The minimum Gasteiger partial charge on any atom is -0.497 e. The molecule has 0 saturated carbocycles. The van der Waals surface area contributed by atoms with E-state index in [1.165, 1.54) is 4.90 Å². The van der Waals surface area contributed by atoms with E-state index in [-0.39, 0.29) is 24.1 Å². The van der Waals surface area contributed by atoms with Gasteiger partial charge in [-0.25, -0.2) is 0 Å². The van der Waals surface area contributed by atoms with Crippen molar-refractivity contribution < 1.29 is 14.3 Å². The monoisotopic (exact) mass is 438 g/mol. The van der Waals surface area contributed by atoms with E-state index in [9.17, 15) is 9.59 Å². The Bertz CT molecular complexity index is 1000. The largest absolute Gasteiger partial charge is 0.497 e. The van der Waals surface area contributed by atoms with Crippen molar-refractivity contribution in [1.82, 2.24) is 19.8 Å². The molecule has 162 valence electrons. The van der Waals surface area contributed by atoms with E-state index in [0.717, 1.165) is 17.1 Å². The van der Waals surface area contributed by atoms with E-state index in [4.69, 9.17) is 4.74 Å². The fourth-order valence-electron chi connectivity index (χ4n) is 3.16. The highest BCUT2D eigenvalue weighted by Gasteiger charge is 2.34. The Balaban J connectivity index is 2.07. The molecule has 7 nitrogen and oxygen atoms in total. The summed E-state index contributed by atoms with van der Waals surface area (Å²) in [7, 11) is 1.58. The lowest BCUT2D eigenvalue weighted by molar-refractivity contribution is -0.127. The Labute approximate surface area is 186 Å². The summed E-state index contributed by atoms with van der Waals surface area (Å²) in [4.78, 5) is 28.4. The SMILES string of the molecule is COc1ccc(C(C(=O)NC(C)(C)C)N(Cc2ccccc2)C(=O)c2csnn2)cc1. The molecule has 2 amide bonds. The molecule has 0 radical (unpaired) electrons. The van der Waals surface area contributed by atoms with Crippen LogP contribution in [-0.4, -0.2) is 38.9 Å². The van der Waals surface area contributed by atoms with Gasteiger partial charge in [-0.3, -0.25) is 9.59 Å². The number of nitrogens with one attached hydrogen (secondary N) is 1. The summed E-state index contributed by atoms with van der Waals surface area (Å²) in [6.07, 6.45) is 0. The zero-order valence-corrected chi connectivity index (χ0v) is 18.8. The van der Waals surface area contributed by atoms with Crippen molar-refractivity contribution in [1.29, 1.82) is 0 Å². The minimum absolute atomic E-state index is 0.211. The van der Waals surface area contributed by atoms with Crippen LogP contribution in [0, 0.1) is 0 Å². The molecule has 1 heterocycles. The van der Waals surface area contributed by atoms with E-state index >= 15 is 0 Å². The first-order valence-electron chi connectivity index (χ1n) is 9.86. The van der Waals surface area contributed by atoms with Gasteiger partial charge in [-0.1, -0.05) is 47.0 Å². The molecule has 1 aromatic heterocycles. The molecule has 0 aliphatic rings. The van der Waals surface area contributed by atoms with E-state index in [1.54, 1.807) is 36.8 Å². The van der Waals surface area contributed by atoms with Crippen LogP contribution in [0.1, 0.15) is 48.4 Å². The zero-order chi connectivity index (χ0) is 22.4. The summed E-state index contributed by atoms with van der Waals surface area (Å²) < 4.78 is 9.07. The normalized spacial score (nSPS) is 12.1. The number of aromatic nitrogens is 2. The number of methoxy groups -OCH3 is 1. The first kappa shape index (κ1) is 22.4. The van der Waals surface area contributed by atoms with Crippen molar-refractivity contribution in [3.63, 3.8) is 0 Å². The summed E-state index contributed by atoms with van der Waals surface area (Å²) in [5.41, 5.74) is 1.32. The third kappa shape index (κ3) is 5.88. The Morgan fingerprint density at radius 3 is 2.32 bits per heavy atom. The van der Waals surface area contributed by atoms with Crippen LogP contribution in [0.2, 0.25) is 0 Å². The van der Waals surface area contributed by atoms with Gasteiger partial charge in [0.15, 0.2) is 5.69 Å². The fourth-order valence-corrected chi connectivity index (χ4v) is 3.59. The molecule has 0 aliphatic heterocycles. The molecule has 0 bridgehead atoms. The van der Waals surface area contributed by atoms with Crippen LogP contribution < -0.4 is 10.1 Å². The lowest BCUT2D eigenvalue weighted by Gasteiger charge is -2.33. The van der Waals surface area contributed by atoms with Crippen LogP contribution in [0.25, 0.3) is 0 Å². The number of benzene rings is 2. The fraction of sp³-hybridized carbons (Fsp3) is 0.304. The highest BCUT2D eigenvalue weighted by Crippen LogP contribution is 2.28. The minimum atomic E-state index is -0.862. The lowest BCUT2D eigenvalue weighted by atomic mass is 10.0. The molecule has 3 rings (SSSR count). The average molecular weight is 439 g/mol. The van der Waals surface area contributed by atoms with Crippen LogP contribution in [0.15, 0.2) is 60.0 Å². The van der Waals surface area contributed by atoms with Gasteiger partial charge in [-0.05, 0) is 55.6 Å². The molecule has 0 fully saturated rings. The molecular formula is C23H26N4O3S. The number of carbonyl (C=O) groups is 2. The van der Waals surface area contributed by atoms with Gasteiger partial charge >= 0.3 is 0 Å². The number of hydrogen-bond donors (Lipinski definition) is 1. The second-order valence-electron chi connectivity index (χ2n) is 8.12. The summed E-state index contributed by atoms with van der Waals surface area (Å²) in [5.74, 6) is 0.0379. The summed E-state index contributed by atoms with van der Waals surface area (Å²) in [5, 5.41) is 8.55. The highest BCUT2D eigenvalue weighted by atomic mass is 32.1. The van der Waals surface area contributed by atoms with Crippen LogP contribution in [-0.2, 0) is 11.3 Å². The molecule has 0 saturated heterocycles. The number of ether oxygens (including phenoxy) is 1. The highest BCUT2D eigenvalue weighted by molar-refractivity contribution is 7.03. The van der Waals surface area contributed by atoms with E-state index in [1.807, 2.05) is 51.1 Å². The van der Waals surface area contributed by atoms with Crippen LogP contribution in [0.3, 0.4) is 0 Å². The van der Waals surface area contributed by atoms with E-state index in [2.05, 4.69) is 14.9 Å². The molecule has 1 N–H and O–H groups in total. The average Bonchev–Trinajstić information content (AvgIpc) is 3.27. The number of hydrogen-bond acceptors (Lipinski definition) is 6. The third-order valence-electron chi connectivity index (χ3n) is 4.53. The Kier molecular flexibility index (Phi) is 7.02. The predicted octanol–water partition coefficient (Wildman–Crippen LogP) is 3.85. The molecule has 1 unspecified atom stereocenters. The molecule has 0 aliphatic carbocycles. The topological polar surface area (TPSA) is 84.4 Å². The van der Waals surface area contributed by atoms with Gasteiger partial charge in [0, 0.05) is 17.5 Å².